The van der Waals surface area contributed by atoms with Crippen LogP contribution in [0.1, 0.15) is 26.3 Å². The fraction of sp³-hybridized carbons (Fsp3) is 0.176. The molecule has 4 nitrogen and oxygen atoms in total. The number of benzene rings is 2. The van der Waals surface area contributed by atoms with Gasteiger partial charge in [0.1, 0.15) is 0 Å². The lowest BCUT2D eigenvalue weighted by molar-refractivity contribution is 0.0827. The van der Waals surface area contributed by atoms with Gasteiger partial charge in [0.05, 0.1) is 10.7 Å². The van der Waals surface area contributed by atoms with Gasteiger partial charge in [0, 0.05) is 25.2 Å². The highest BCUT2D eigenvalue weighted by Gasteiger charge is 2.13. The van der Waals surface area contributed by atoms with Crippen LogP contribution in [0.4, 0.5) is 5.69 Å². The summed E-state index contributed by atoms with van der Waals surface area (Å²) in [7, 11) is 3.34. The molecule has 2 rings (SSSR count). The highest BCUT2D eigenvalue weighted by atomic mass is 35.5. The van der Waals surface area contributed by atoms with Gasteiger partial charge in [-0.2, -0.15) is 0 Å². The first kappa shape index (κ1) is 16.0. The summed E-state index contributed by atoms with van der Waals surface area (Å²) in [6, 6.07) is 12.0. The molecule has 0 atom stereocenters. The summed E-state index contributed by atoms with van der Waals surface area (Å²) in [6.45, 7) is 1.95. The number of carbonyl (C=O) groups is 2. The molecule has 2 aromatic carbocycles. The van der Waals surface area contributed by atoms with Crippen LogP contribution in [0.2, 0.25) is 5.02 Å². The second kappa shape index (κ2) is 6.62. The number of amides is 2. The number of nitrogens with one attached hydrogen (secondary N) is 1. The highest BCUT2D eigenvalue weighted by molar-refractivity contribution is 6.34. The normalized spacial score (nSPS) is 10.2. The van der Waals surface area contributed by atoms with E-state index in [4.69, 9.17) is 11.6 Å². The fourth-order valence-corrected chi connectivity index (χ4v) is 2.08. The molecule has 0 aromatic heterocycles. The summed E-state index contributed by atoms with van der Waals surface area (Å²) in [5.74, 6) is -0.418. The first-order valence-corrected chi connectivity index (χ1v) is 7.15. The third-order valence-electron chi connectivity index (χ3n) is 3.18. The second-order valence-corrected chi connectivity index (χ2v) is 5.62. The van der Waals surface area contributed by atoms with Crippen molar-refractivity contribution in [1.29, 1.82) is 0 Å². The molecule has 1 N–H and O–H groups in total. The van der Waals surface area contributed by atoms with E-state index in [1.165, 1.54) is 4.90 Å². The molecule has 2 aromatic rings. The summed E-state index contributed by atoms with van der Waals surface area (Å²) in [4.78, 5) is 25.7. The number of rotatable bonds is 3. The van der Waals surface area contributed by atoms with Crippen LogP contribution in [-0.2, 0) is 0 Å². The molecule has 0 aliphatic rings. The van der Waals surface area contributed by atoms with E-state index >= 15 is 0 Å². The van der Waals surface area contributed by atoms with Crippen molar-refractivity contribution < 1.29 is 9.59 Å². The quantitative estimate of drug-likeness (QED) is 0.940. The minimum absolute atomic E-state index is 0.150. The van der Waals surface area contributed by atoms with Crippen LogP contribution in [0.3, 0.4) is 0 Å². The monoisotopic (exact) mass is 316 g/mol. The number of hydrogen-bond donors (Lipinski definition) is 1. The van der Waals surface area contributed by atoms with Gasteiger partial charge in [-0.15, -0.1) is 0 Å². The average molecular weight is 317 g/mol. The molecule has 0 aliphatic heterocycles. The third-order valence-corrected chi connectivity index (χ3v) is 3.51. The van der Waals surface area contributed by atoms with Crippen molar-refractivity contribution in [3.05, 3.63) is 64.2 Å². The number of anilines is 1. The van der Waals surface area contributed by atoms with E-state index < -0.39 is 0 Å². The third kappa shape index (κ3) is 3.65. The Morgan fingerprint density at radius 3 is 2.18 bits per heavy atom. The van der Waals surface area contributed by atoms with Crippen molar-refractivity contribution in [2.75, 3.05) is 19.4 Å². The van der Waals surface area contributed by atoms with E-state index in [-0.39, 0.29) is 11.8 Å². The summed E-state index contributed by atoms with van der Waals surface area (Å²) in [5, 5.41) is 3.12. The van der Waals surface area contributed by atoms with Crippen LogP contribution in [0.15, 0.2) is 42.5 Å². The highest BCUT2D eigenvalue weighted by Crippen LogP contribution is 2.24. The maximum atomic E-state index is 12.2. The molecule has 0 spiro atoms. The zero-order valence-corrected chi connectivity index (χ0v) is 13.4. The zero-order chi connectivity index (χ0) is 16.3. The van der Waals surface area contributed by atoms with E-state index in [1.54, 1.807) is 44.4 Å². The molecule has 0 saturated carbocycles. The summed E-state index contributed by atoms with van der Waals surface area (Å²) in [5.41, 5.74) is 2.49. The molecule has 114 valence electrons. The number of hydrogen-bond acceptors (Lipinski definition) is 2. The van der Waals surface area contributed by atoms with E-state index in [2.05, 4.69) is 5.32 Å². The first-order chi connectivity index (χ1) is 10.4. The molecule has 0 radical (unpaired) electrons. The van der Waals surface area contributed by atoms with Crippen LogP contribution in [0.5, 0.6) is 0 Å². The van der Waals surface area contributed by atoms with E-state index in [0.717, 1.165) is 5.56 Å². The Kier molecular flexibility index (Phi) is 4.83. The van der Waals surface area contributed by atoms with Gasteiger partial charge in [-0.3, -0.25) is 9.59 Å². The zero-order valence-electron chi connectivity index (χ0n) is 12.7. The van der Waals surface area contributed by atoms with E-state index in [1.807, 2.05) is 19.1 Å². The molecular formula is C17H17ClN2O2. The fourth-order valence-electron chi connectivity index (χ4n) is 1.91. The van der Waals surface area contributed by atoms with Crippen LogP contribution < -0.4 is 5.32 Å². The first-order valence-electron chi connectivity index (χ1n) is 6.77. The number of halogens is 1. The van der Waals surface area contributed by atoms with Gasteiger partial charge in [0.15, 0.2) is 0 Å². The topological polar surface area (TPSA) is 49.4 Å². The van der Waals surface area contributed by atoms with Gasteiger partial charge in [0.2, 0.25) is 0 Å². The molecular weight excluding hydrogens is 300 g/mol. The van der Waals surface area contributed by atoms with Crippen LogP contribution in [-0.4, -0.2) is 30.8 Å². The molecule has 0 saturated heterocycles. The predicted octanol–water partition coefficient (Wildman–Crippen LogP) is 3.60. The SMILES string of the molecule is Cc1ccc(C(=O)Nc2cc(C(=O)N(C)C)ccc2Cl)cc1. The molecule has 0 heterocycles. The van der Waals surface area contributed by atoms with Crippen LogP contribution in [0.25, 0.3) is 0 Å². The van der Waals surface area contributed by atoms with Gasteiger partial charge in [-0.05, 0) is 37.3 Å². The van der Waals surface area contributed by atoms with Crippen LogP contribution in [0, 0.1) is 6.92 Å². The Bertz CT molecular complexity index is 709. The number of carbonyl (C=O) groups excluding carboxylic acids is 2. The summed E-state index contributed by atoms with van der Waals surface area (Å²) < 4.78 is 0. The second-order valence-electron chi connectivity index (χ2n) is 5.21. The Balaban J connectivity index is 2.25. The maximum Gasteiger partial charge on any atom is 0.255 e. The molecule has 22 heavy (non-hydrogen) atoms. The molecule has 2 amide bonds. The maximum absolute atomic E-state index is 12.2. The van der Waals surface area contributed by atoms with Crippen molar-refractivity contribution in [3.63, 3.8) is 0 Å². The van der Waals surface area contributed by atoms with E-state index in [9.17, 15) is 9.59 Å². The predicted molar refractivity (Wildman–Crippen MR) is 88.6 cm³/mol. The van der Waals surface area contributed by atoms with Crippen molar-refractivity contribution in [2.24, 2.45) is 0 Å². The lowest BCUT2D eigenvalue weighted by atomic mass is 10.1. The smallest absolute Gasteiger partial charge is 0.255 e. The molecule has 5 heteroatoms. The lowest BCUT2D eigenvalue weighted by Gasteiger charge is -2.13. The van der Waals surface area contributed by atoms with Crippen molar-refractivity contribution in [2.45, 2.75) is 6.92 Å². The lowest BCUT2D eigenvalue weighted by Crippen LogP contribution is -2.22. The minimum atomic E-state index is -0.267. The summed E-state index contributed by atoms with van der Waals surface area (Å²) >= 11 is 6.10. The molecule has 0 fully saturated rings. The Labute approximate surface area is 134 Å². The van der Waals surface area contributed by atoms with Gasteiger partial charge >= 0.3 is 0 Å². The van der Waals surface area contributed by atoms with Crippen molar-refractivity contribution in [3.8, 4) is 0 Å². The number of aryl methyl sites for hydroxylation is 1. The van der Waals surface area contributed by atoms with Crippen molar-refractivity contribution >= 4 is 29.1 Å². The average Bonchev–Trinajstić information content (AvgIpc) is 2.49. The van der Waals surface area contributed by atoms with Gasteiger partial charge in [-0.25, -0.2) is 0 Å². The van der Waals surface area contributed by atoms with E-state index in [0.29, 0.717) is 21.8 Å². The standard InChI is InChI=1S/C17H17ClN2O2/c1-11-4-6-12(7-5-11)16(21)19-15-10-13(8-9-14(15)18)17(22)20(2)3/h4-10H,1-3H3,(H,19,21). The summed E-state index contributed by atoms with van der Waals surface area (Å²) in [6.07, 6.45) is 0. The molecule has 0 bridgehead atoms. The minimum Gasteiger partial charge on any atom is -0.345 e. The van der Waals surface area contributed by atoms with Gasteiger partial charge in [-0.1, -0.05) is 29.3 Å². The van der Waals surface area contributed by atoms with Crippen LogP contribution >= 0.6 is 11.6 Å². The van der Waals surface area contributed by atoms with Crippen molar-refractivity contribution in [1.82, 2.24) is 4.90 Å². The Morgan fingerprint density at radius 1 is 1.00 bits per heavy atom. The largest absolute Gasteiger partial charge is 0.345 e. The Hall–Kier alpha value is -2.33. The van der Waals surface area contributed by atoms with Gasteiger partial charge in [0.25, 0.3) is 11.8 Å². The van der Waals surface area contributed by atoms with Gasteiger partial charge < -0.3 is 10.2 Å². The molecule has 0 aliphatic carbocycles. The Morgan fingerprint density at radius 2 is 1.59 bits per heavy atom. The number of nitrogens with zero attached hydrogens (tertiary/aromatic N) is 1. The molecule has 0 unspecified atom stereocenters.